The molecule has 0 bridgehead atoms. The van der Waals surface area contributed by atoms with E-state index in [4.69, 9.17) is 30.6 Å². The van der Waals surface area contributed by atoms with Gasteiger partial charge in [0.1, 0.15) is 17.2 Å². The first kappa shape index (κ1) is 41.7. The van der Waals surface area contributed by atoms with E-state index in [0.29, 0.717) is 18.4 Å². The lowest BCUT2D eigenvalue weighted by atomic mass is 9.48. The molecular formula is C39H55ClFN2O11+. The van der Waals surface area contributed by atoms with E-state index in [1.165, 1.54) is 32.9 Å². The third kappa shape index (κ3) is 5.80. The summed E-state index contributed by atoms with van der Waals surface area (Å²) in [5.74, 6) is -6.85. The van der Waals surface area contributed by atoms with Crippen LogP contribution in [0.3, 0.4) is 0 Å². The highest BCUT2D eigenvalue weighted by Crippen LogP contribution is 2.69. The number of benzene rings is 1. The number of rotatable bonds is 6. The topological polar surface area (TPSA) is 169 Å². The van der Waals surface area contributed by atoms with Gasteiger partial charge < -0.3 is 29.5 Å². The van der Waals surface area contributed by atoms with Gasteiger partial charge in [0.15, 0.2) is 0 Å². The molecule has 0 spiro atoms. The number of likely N-dealkylation sites (tertiary alicyclic amines) is 1. The van der Waals surface area contributed by atoms with Gasteiger partial charge in [-0.15, -0.1) is 0 Å². The molecule has 2 unspecified atom stereocenters. The van der Waals surface area contributed by atoms with Gasteiger partial charge in [-0.2, -0.15) is 9.28 Å². The summed E-state index contributed by atoms with van der Waals surface area (Å²) in [6.07, 6.45) is -4.50. The molecule has 1 saturated carbocycles. The van der Waals surface area contributed by atoms with E-state index in [2.05, 4.69) is 0 Å². The first-order valence-corrected chi connectivity index (χ1v) is 18.8. The average molecular weight is 782 g/mol. The minimum absolute atomic E-state index is 0.134. The van der Waals surface area contributed by atoms with Crippen LogP contribution >= 0.6 is 11.6 Å². The van der Waals surface area contributed by atoms with Gasteiger partial charge in [0.2, 0.25) is 11.1 Å². The van der Waals surface area contributed by atoms with Crippen molar-refractivity contribution < 1.29 is 62.4 Å². The molecule has 300 valence electrons. The van der Waals surface area contributed by atoms with E-state index in [1.54, 1.807) is 65.8 Å². The molecule has 1 aromatic rings. The highest BCUT2D eigenvalue weighted by atomic mass is 35.5. The Kier molecular flexibility index (Phi) is 10.5. The highest BCUT2D eigenvalue weighted by molar-refractivity contribution is 6.33. The zero-order valence-electron chi connectivity index (χ0n) is 32.9. The minimum atomic E-state index is -2.72. The fraction of sp³-hybridized carbons (Fsp3) is 0.692. The predicted octanol–water partition coefficient (Wildman–Crippen LogP) is 7.22. The number of nitrogens with zero attached hydrogens (tertiary/aromatic N) is 2. The summed E-state index contributed by atoms with van der Waals surface area (Å²) in [5.41, 5.74) is -9.12. The number of carbonyl (C=O) groups excluding carboxylic acids is 2. The molecule has 11 atom stereocenters. The minimum Gasteiger partial charge on any atom is -0.477 e. The molecule has 1 amide bonds. The first-order valence-electron chi connectivity index (χ1n) is 18.4. The number of hydrogen-bond acceptors (Lipinski definition) is 10. The molecule has 2 aliphatic carbocycles. The highest BCUT2D eigenvalue weighted by Gasteiger charge is 2.90. The van der Waals surface area contributed by atoms with Crippen molar-refractivity contribution in [2.24, 2.45) is 29.6 Å². The standard InChI is InChI=1S/C39H54ClFN2O11/c1-20-17-26-24(21(2)18-41)16-15-22(3)39(26,50)30(29(20)51-23(4)44)37(32(45)46)19-38(53-34(49)52-36(8,9)10)25-13-12-14-27(40)28(25)42(11)54-31(38)43(37,33(47)48)35(5,6)7/h12-14,17,21-22,24,26,29-31,50H,15-16,18-19H2,1-11H3,(H-,45,46,47,48)/p+1/t21?,22-,24+,26-,29+,30-,31-,37+,38-,39-,43?/m1/s1. The van der Waals surface area contributed by atoms with Crippen LogP contribution in [0.15, 0.2) is 29.8 Å². The van der Waals surface area contributed by atoms with Crippen LogP contribution in [-0.2, 0) is 34.2 Å². The van der Waals surface area contributed by atoms with E-state index in [-0.39, 0.29) is 16.3 Å². The third-order valence-electron chi connectivity index (χ3n) is 12.5. The van der Waals surface area contributed by atoms with Crippen molar-refractivity contribution in [1.29, 1.82) is 0 Å². The van der Waals surface area contributed by atoms with Crippen molar-refractivity contribution in [3.8, 4) is 0 Å². The van der Waals surface area contributed by atoms with Crippen molar-refractivity contribution in [3.63, 3.8) is 0 Å². The Labute approximate surface area is 320 Å². The van der Waals surface area contributed by atoms with Crippen LogP contribution in [-0.4, -0.2) is 92.3 Å². The van der Waals surface area contributed by atoms with E-state index in [9.17, 15) is 38.9 Å². The van der Waals surface area contributed by atoms with Crippen molar-refractivity contribution >= 4 is 41.5 Å². The second-order valence-electron chi connectivity index (χ2n) is 17.7. The quantitative estimate of drug-likeness (QED) is 0.151. The largest absolute Gasteiger partial charge is 0.517 e. The Morgan fingerprint density at radius 3 is 2.28 bits per heavy atom. The van der Waals surface area contributed by atoms with Crippen LogP contribution in [0.1, 0.15) is 94.1 Å². The normalized spacial score (nSPS) is 36.9. The van der Waals surface area contributed by atoms with Crippen molar-refractivity contribution in [2.75, 3.05) is 18.8 Å². The summed E-state index contributed by atoms with van der Waals surface area (Å²) < 4.78 is 31.1. The lowest BCUT2D eigenvalue weighted by molar-refractivity contribution is -0.979. The molecule has 0 radical (unpaired) electrons. The predicted molar refractivity (Wildman–Crippen MR) is 195 cm³/mol. The summed E-state index contributed by atoms with van der Waals surface area (Å²) in [6, 6.07) is 4.68. The number of para-hydroxylation sites is 1. The van der Waals surface area contributed by atoms with Crippen LogP contribution in [0.2, 0.25) is 5.02 Å². The van der Waals surface area contributed by atoms with Crippen molar-refractivity contribution in [1.82, 2.24) is 0 Å². The average Bonchev–Trinajstić information content (AvgIpc) is 3.30. The molecule has 2 fully saturated rings. The zero-order chi connectivity index (χ0) is 40.7. The maximum Gasteiger partial charge on any atom is 0.517 e. The van der Waals surface area contributed by atoms with Crippen molar-refractivity contribution in [3.05, 3.63) is 40.4 Å². The number of carboxylic acid groups (broad SMARTS) is 2. The number of anilines is 1. The maximum absolute atomic E-state index is 14.9. The Balaban J connectivity index is 2.01. The van der Waals surface area contributed by atoms with Gasteiger partial charge in [0.25, 0.3) is 6.23 Å². The number of alkyl halides is 1. The number of aliphatic hydroxyl groups is 1. The Morgan fingerprint density at radius 2 is 1.76 bits per heavy atom. The number of fused-ring (bicyclic) bond motifs is 4. The number of aliphatic carboxylic acids is 1. The monoisotopic (exact) mass is 781 g/mol. The number of ether oxygens (including phenoxy) is 3. The molecule has 5 rings (SSSR count). The van der Waals surface area contributed by atoms with Crippen LogP contribution in [0.4, 0.5) is 19.7 Å². The molecule has 4 aliphatic rings. The maximum atomic E-state index is 14.9. The van der Waals surface area contributed by atoms with E-state index in [1.807, 2.05) is 0 Å². The van der Waals surface area contributed by atoms with Gasteiger partial charge in [0, 0.05) is 25.5 Å². The Bertz CT molecular complexity index is 1740. The van der Waals surface area contributed by atoms with Crippen molar-refractivity contribution in [2.45, 2.75) is 129 Å². The summed E-state index contributed by atoms with van der Waals surface area (Å²) >= 11 is 6.76. The zero-order valence-corrected chi connectivity index (χ0v) is 33.7. The fourth-order valence-corrected chi connectivity index (χ4v) is 10.9. The molecule has 0 aromatic heterocycles. The second kappa shape index (κ2) is 13.6. The number of hydroxylamine groups is 1. The summed E-state index contributed by atoms with van der Waals surface area (Å²) in [6.45, 7) is 14.9. The van der Waals surface area contributed by atoms with Gasteiger partial charge in [-0.25, -0.2) is 19.5 Å². The molecule has 1 aromatic carbocycles. The summed E-state index contributed by atoms with van der Waals surface area (Å²) in [4.78, 5) is 63.1. The van der Waals surface area contributed by atoms with E-state index < -0.39 is 112 Å². The van der Waals surface area contributed by atoms with Crippen LogP contribution < -0.4 is 5.06 Å². The van der Waals surface area contributed by atoms with Gasteiger partial charge in [-0.05, 0) is 90.7 Å². The van der Waals surface area contributed by atoms with Crippen LogP contribution in [0.5, 0.6) is 0 Å². The lowest BCUT2D eigenvalue weighted by Crippen LogP contribution is -2.84. The number of carbonyl (C=O) groups is 4. The molecule has 54 heavy (non-hydrogen) atoms. The number of halogens is 2. The van der Waals surface area contributed by atoms with Gasteiger partial charge in [0.05, 0.1) is 35.3 Å². The molecule has 2 aliphatic heterocycles. The molecule has 2 heterocycles. The Morgan fingerprint density at radius 1 is 1.13 bits per heavy atom. The van der Waals surface area contributed by atoms with Gasteiger partial charge in [-0.1, -0.05) is 43.7 Å². The van der Waals surface area contributed by atoms with Crippen LogP contribution in [0, 0.1) is 29.6 Å². The number of hydrogen-bond donors (Lipinski definition) is 3. The Hall–Kier alpha value is -3.46. The molecule has 15 heteroatoms. The molecule has 1 saturated heterocycles. The smallest absolute Gasteiger partial charge is 0.477 e. The van der Waals surface area contributed by atoms with Crippen LogP contribution in [0.25, 0.3) is 0 Å². The lowest BCUT2D eigenvalue weighted by Gasteiger charge is -2.62. The molecule has 13 nitrogen and oxygen atoms in total. The molecule has 3 N–H and O–H groups in total. The number of carboxylic acids is 1. The third-order valence-corrected chi connectivity index (χ3v) is 12.8. The number of quaternary nitrogens is 1. The number of esters is 1. The van der Waals surface area contributed by atoms with Gasteiger partial charge >= 0.3 is 24.2 Å². The van der Waals surface area contributed by atoms with E-state index >= 15 is 0 Å². The second-order valence-corrected chi connectivity index (χ2v) is 18.1. The summed E-state index contributed by atoms with van der Waals surface area (Å²) in [7, 11) is 1.48. The van der Waals surface area contributed by atoms with Gasteiger partial charge in [-0.3, -0.25) is 9.18 Å². The number of amides is 1. The fourth-order valence-electron chi connectivity index (χ4n) is 10.6. The summed E-state index contributed by atoms with van der Waals surface area (Å²) in [5, 5.41) is 38.9. The first-order chi connectivity index (χ1) is 24.8. The molecular weight excluding hydrogens is 727 g/mol. The SMILES string of the molecule is CC(=O)O[C@H]1C(C)=C[C@@H]2[C@H](C(C)CF)CC[C@@H](C)[C@]2(O)[C@H]1[C@]1(C(=O)O)C[C@@]2(OC(=O)OC(C)(C)C)c3cccc(Cl)c3N(C)O[C@H]2[N+]1(C(=O)O)C(C)(C)C. The van der Waals surface area contributed by atoms with E-state index in [0.717, 1.165) is 6.92 Å².